The Morgan fingerprint density at radius 3 is 2.75 bits per heavy atom. The molecule has 0 saturated heterocycles. The third kappa shape index (κ3) is 3.29. The number of aliphatic hydroxyl groups excluding tert-OH is 2. The Hall–Kier alpha value is -1.93. The summed E-state index contributed by atoms with van der Waals surface area (Å²) in [6.07, 6.45) is 5.63. The van der Waals surface area contributed by atoms with Crippen molar-refractivity contribution in [1.29, 1.82) is 0 Å². The zero-order chi connectivity index (χ0) is 17.3. The summed E-state index contributed by atoms with van der Waals surface area (Å²) in [6, 6.07) is 0. The maximum atomic E-state index is 12.2. The van der Waals surface area contributed by atoms with Crippen molar-refractivity contribution in [3.8, 4) is 0 Å². The lowest BCUT2D eigenvalue weighted by atomic mass is 9.83. The maximum Gasteiger partial charge on any atom is 0.328 e. The zero-order valence-corrected chi connectivity index (χ0v) is 13.5. The lowest BCUT2D eigenvalue weighted by Gasteiger charge is -2.26. The molecule has 8 nitrogen and oxygen atoms in total. The first-order valence-electron chi connectivity index (χ1n) is 8.36. The van der Waals surface area contributed by atoms with Crippen molar-refractivity contribution in [3.05, 3.63) is 32.6 Å². The van der Waals surface area contributed by atoms with Crippen LogP contribution in [0.2, 0.25) is 0 Å². The minimum atomic E-state index is -0.724. The molecule has 132 valence electrons. The van der Waals surface area contributed by atoms with E-state index in [9.17, 15) is 19.5 Å². The lowest BCUT2D eigenvalue weighted by molar-refractivity contribution is 0.0912. The molecule has 1 aromatic heterocycles. The number of carbonyl (C=O) groups is 1. The summed E-state index contributed by atoms with van der Waals surface area (Å²) in [6.45, 7) is 0.251. The minimum absolute atomic E-state index is 0.0178. The van der Waals surface area contributed by atoms with E-state index < -0.39 is 17.2 Å². The molecule has 1 amide bonds. The number of aromatic amines is 1. The SMILES string of the molecule is O=C(NCC1CC12CCC(O)CC2)c1cn(CCO)c(=O)[nH]c1=O. The van der Waals surface area contributed by atoms with E-state index in [1.54, 1.807) is 0 Å². The third-order valence-electron chi connectivity index (χ3n) is 5.42. The Kier molecular flexibility index (Phi) is 4.60. The Morgan fingerprint density at radius 2 is 2.08 bits per heavy atom. The van der Waals surface area contributed by atoms with Gasteiger partial charge in [0.15, 0.2) is 0 Å². The first kappa shape index (κ1) is 16.9. The van der Waals surface area contributed by atoms with Gasteiger partial charge in [-0.15, -0.1) is 0 Å². The summed E-state index contributed by atoms with van der Waals surface area (Å²) < 4.78 is 1.11. The number of rotatable bonds is 5. The summed E-state index contributed by atoms with van der Waals surface area (Å²) in [5.74, 6) is -0.128. The minimum Gasteiger partial charge on any atom is -0.395 e. The van der Waals surface area contributed by atoms with Gasteiger partial charge >= 0.3 is 5.69 Å². The van der Waals surface area contributed by atoms with Crippen LogP contribution in [0.3, 0.4) is 0 Å². The molecular formula is C16H23N3O5. The lowest BCUT2D eigenvalue weighted by Crippen LogP contribution is -2.38. The second-order valence-corrected chi connectivity index (χ2v) is 6.92. The fourth-order valence-electron chi connectivity index (χ4n) is 3.77. The topological polar surface area (TPSA) is 124 Å². The van der Waals surface area contributed by atoms with Crippen molar-refractivity contribution < 1.29 is 15.0 Å². The van der Waals surface area contributed by atoms with Gasteiger partial charge in [0, 0.05) is 12.7 Å². The van der Waals surface area contributed by atoms with Crippen LogP contribution in [0, 0.1) is 11.3 Å². The van der Waals surface area contributed by atoms with Crippen molar-refractivity contribution in [2.45, 2.75) is 44.8 Å². The number of hydrogen-bond acceptors (Lipinski definition) is 5. The van der Waals surface area contributed by atoms with Gasteiger partial charge in [-0.25, -0.2) is 4.79 Å². The first-order chi connectivity index (χ1) is 11.4. The highest BCUT2D eigenvalue weighted by molar-refractivity contribution is 5.93. The molecule has 0 aromatic carbocycles. The second kappa shape index (κ2) is 6.52. The molecule has 0 radical (unpaired) electrons. The molecule has 8 heteroatoms. The molecule has 0 bridgehead atoms. The molecule has 24 heavy (non-hydrogen) atoms. The zero-order valence-electron chi connectivity index (χ0n) is 13.5. The Balaban J connectivity index is 1.61. The predicted octanol–water partition coefficient (Wildman–Crippen LogP) is -0.800. The number of hydrogen-bond donors (Lipinski definition) is 4. The Labute approximate surface area is 138 Å². The van der Waals surface area contributed by atoms with E-state index in [-0.39, 0.29) is 30.2 Å². The summed E-state index contributed by atoms with van der Waals surface area (Å²) in [5, 5.41) is 21.3. The average molecular weight is 337 g/mol. The van der Waals surface area contributed by atoms with Crippen LogP contribution in [0.15, 0.2) is 15.8 Å². The standard InChI is InChI=1S/C16H23N3O5/c20-6-5-19-9-12(14(23)18-15(19)24)13(22)17-8-10-7-16(10)3-1-11(21)2-4-16/h9-11,20-21H,1-8H2,(H,17,22)(H,18,23,24). The van der Waals surface area contributed by atoms with Crippen LogP contribution in [0.1, 0.15) is 42.5 Å². The summed E-state index contributed by atoms with van der Waals surface area (Å²) in [7, 11) is 0. The van der Waals surface area contributed by atoms with Gasteiger partial charge in [0.1, 0.15) is 5.56 Å². The Bertz CT molecular complexity index is 730. The maximum absolute atomic E-state index is 12.2. The number of aliphatic hydroxyl groups is 2. The molecule has 1 aromatic rings. The molecule has 1 heterocycles. The van der Waals surface area contributed by atoms with E-state index in [1.165, 1.54) is 6.20 Å². The molecule has 2 aliphatic carbocycles. The molecule has 1 spiro atoms. The van der Waals surface area contributed by atoms with Crippen molar-refractivity contribution in [2.75, 3.05) is 13.2 Å². The highest BCUT2D eigenvalue weighted by Gasteiger charge is 2.54. The molecule has 2 aliphatic rings. The van der Waals surface area contributed by atoms with Crippen molar-refractivity contribution in [1.82, 2.24) is 14.9 Å². The third-order valence-corrected chi connectivity index (χ3v) is 5.42. The van der Waals surface area contributed by atoms with Crippen molar-refractivity contribution in [3.63, 3.8) is 0 Å². The van der Waals surface area contributed by atoms with Crippen LogP contribution in [-0.2, 0) is 6.54 Å². The fraction of sp³-hybridized carbons (Fsp3) is 0.688. The van der Waals surface area contributed by atoms with Gasteiger partial charge in [0.05, 0.1) is 19.3 Å². The molecule has 1 unspecified atom stereocenters. The normalized spacial score (nSPS) is 28.8. The van der Waals surface area contributed by atoms with Crippen molar-refractivity contribution >= 4 is 5.91 Å². The van der Waals surface area contributed by atoms with Crippen LogP contribution >= 0.6 is 0 Å². The summed E-state index contributed by atoms with van der Waals surface area (Å²) in [5.41, 5.74) is -1.25. The van der Waals surface area contributed by atoms with Crippen LogP contribution in [0.5, 0.6) is 0 Å². The van der Waals surface area contributed by atoms with Crippen molar-refractivity contribution in [2.24, 2.45) is 11.3 Å². The van der Waals surface area contributed by atoms with Gasteiger partial charge in [-0.2, -0.15) is 0 Å². The van der Waals surface area contributed by atoms with Crippen LogP contribution in [0.4, 0.5) is 0 Å². The smallest absolute Gasteiger partial charge is 0.328 e. The summed E-state index contributed by atoms with van der Waals surface area (Å²) in [4.78, 5) is 37.7. The molecule has 2 fully saturated rings. The molecule has 0 aliphatic heterocycles. The number of aromatic nitrogens is 2. The second-order valence-electron chi connectivity index (χ2n) is 6.92. The number of nitrogens with zero attached hydrogens (tertiary/aromatic N) is 1. The molecular weight excluding hydrogens is 314 g/mol. The van der Waals surface area contributed by atoms with E-state index in [1.807, 2.05) is 0 Å². The average Bonchev–Trinajstić information content (AvgIpc) is 3.23. The van der Waals surface area contributed by atoms with Gasteiger partial charge in [-0.1, -0.05) is 0 Å². The van der Waals surface area contributed by atoms with Gasteiger partial charge in [0.2, 0.25) is 0 Å². The van der Waals surface area contributed by atoms with Gasteiger partial charge in [0.25, 0.3) is 11.5 Å². The molecule has 4 N–H and O–H groups in total. The van der Waals surface area contributed by atoms with E-state index in [4.69, 9.17) is 5.11 Å². The quantitative estimate of drug-likeness (QED) is 0.560. The van der Waals surface area contributed by atoms with Crippen LogP contribution in [-0.4, -0.2) is 44.9 Å². The number of amides is 1. The fourth-order valence-corrected chi connectivity index (χ4v) is 3.77. The number of carbonyl (C=O) groups excluding carboxylic acids is 1. The molecule has 2 saturated carbocycles. The van der Waals surface area contributed by atoms with E-state index in [0.717, 1.165) is 36.7 Å². The predicted molar refractivity (Wildman–Crippen MR) is 85.8 cm³/mol. The van der Waals surface area contributed by atoms with Gasteiger partial charge in [-0.05, 0) is 43.4 Å². The van der Waals surface area contributed by atoms with E-state index in [0.29, 0.717) is 12.5 Å². The van der Waals surface area contributed by atoms with E-state index >= 15 is 0 Å². The molecule has 1 atom stereocenters. The highest BCUT2D eigenvalue weighted by atomic mass is 16.3. The first-order valence-corrected chi connectivity index (χ1v) is 8.36. The Morgan fingerprint density at radius 1 is 1.38 bits per heavy atom. The largest absolute Gasteiger partial charge is 0.395 e. The number of H-pyrrole nitrogens is 1. The van der Waals surface area contributed by atoms with Gasteiger partial charge in [-0.3, -0.25) is 19.1 Å². The summed E-state index contributed by atoms with van der Waals surface area (Å²) >= 11 is 0. The van der Waals surface area contributed by atoms with Gasteiger partial charge < -0.3 is 15.5 Å². The van der Waals surface area contributed by atoms with E-state index in [2.05, 4.69) is 10.3 Å². The van der Waals surface area contributed by atoms with Crippen LogP contribution < -0.4 is 16.6 Å². The monoisotopic (exact) mass is 337 g/mol. The number of nitrogens with one attached hydrogen (secondary N) is 2. The van der Waals surface area contributed by atoms with Crippen LogP contribution in [0.25, 0.3) is 0 Å². The molecule has 3 rings (SSSR count). The highest BCUT2D eigenvalue weighted by Crippen LogP contribution is 2.60.